The van der Waals surface area contributed by atoms with E-state index in [9.17, 15) is 18.4 Å². The van der Waals surface area contributed by atoms with Gasteiger partial charge in [-0.2, -0.15) is 0 Å². The number of ketones is 1. The molecule has 1 heterocycles. The molecule has 0 radical (unpaired) electrons. The van der Waals surface area contributed by atoms with Gasteiger partial charge in [-0.15, -0.1) is 0 Å². The van der Waals surface area contributed by atoms with Crippen molar-refractivity contribution in [3.8, 4) is 0 Å². The molecule has 1 N–H and O–H groups in total. The molecule has 6 nitrogen and oxygen atoms in total. The van der Waals surface area contributed by atoms with Gasteiger partial charge in [0.2, 0.25) is 0 Å². The lowest BCUT2D eigenvalue weighted by Crippen LogP contribution is -2.44. The predicted octanol–water partition coefficient (Wildman–Crippen LogP) is 7.34. The molecule has 41 heavy (non-hydrogen) atoms. The highest BCUT2D eigenvalue weighted by atomic mass is 35.5. The summed E-state index contributed by atoms with van der Waals surface area (Å²) >= 11 is 12.2. The summed E-state index contributed by atoms with van der Waals surface area (Å²) in [5, 5.41) is 7.78. The van der Waals surface area contributed by atoms with Crippen LogP contribution >= 0.6 is 23.2 Å². The first kappa shape index (κ1) is 32.5. The molecule has 1 amide bonds. The fraction of sp³-hybridized carbons (Fsp3) is 0.448. The smallest absolute Gasteiger partial charge is 0.285 e. The molecular weight excluding hydrogens is 583 g/mol. The van der Waals surface area contributed by atoms with Crippen LogP contribution in [0.15, 0.2) is 41.9 Å². The summed E-state index contributed by atoms with van der Waals surface area (Å²) in [6, 6.07) is 2.27. The van der Waals surface area contributed by atoms with E-state index in [1.165, 1.54) is 24.3 Å². The first-order valence-corrected chi connectivity index (χ1v) is 13.9. The van der Waals surface area contributed by atoms with Crippen LogP contribution in [0.2, 0.25) is 10.0 Å². The maximum Gasteiger partial charge on any atom is 0.285 e. The number of alkyl halides is 2. The van der Waals surface area contributed by atoms with Gasteiger partial charge >= 0.3 is 0 Å². The molecule has 0 unspecified atom stereocenters. The number of carbonyl (C=O) groups excluding carboxylic acids is 2. The molecule has 1 fully saturated rings. The zero-order valence-corrected chi connectivity index (χ0v) is 24.5. The molecule has 2 aromatic rings. The van der Waals surface area contributed by atoms with E-state index in [1.807, 2.05) is 0 Å². The fourth-order valence-electron chi connectivity index (χ4n) is 5.31. The molecule has 0 bridgehead atoms. The second-order valence-electron chi connectivity index (χ2n) is 10.3. The standard InChI is InChI=1S/C29H32Cl2F4N4O2/c1-4-17-5-7-21(8-6-17)38(3)27(29(2,34)35)22(12-36)28(41)39(15-18-9-19(32)11-20(33)10-18)16-25(40)26-23(30)13-37-14-24(26)31/h9-14,17,21,36H,4-8,15-16H2,1-3H3/b27-22+,36-12?. The maximum atomic E-state index is 15.2. The van der Waals surface area contributed by atoms with Crippen LogP contribution in [0.5, 0.6) is 0 Å². The number of hydrogen-bond acceptors (Lipinski definition) is 5. The van der Waals surface area contributed by atoms with E-state index >= 15 is 8.78 Å². The molecule has 1 aromatic heterocycles. The van der Waals surface area contributed by atoms with Gasteiger partial charge in [-0.3, -0.25) is 14.6 Å². The average Bonchev–Trinajstić information content (AvgIpc) is 2.89. The van der Waals surface area contributed by atoms with Crippen LogP contribution < -0.4 is 0 Å². The first-order chi connectivity index (χ1) is 19.3. The minimum Gasteiger partial charge on any atom is -0.369 e. The second-order valence-corrected chi connectivity index (χ2v) is 11.1. The van der Waals surface area contributed by atoms with E-state index in [2.05, 4.69) is 11.9 Å². The molecule has 1 aliphatic rings. The van der Waals surface area contributed by atoms with Crippen LogP contribution in [0.4, 0.5) is 17.6 Å². The van der Waals surface area contributed by atoms with E-state index in [0.717, 1.165) is 36.3 Å². The van der Waals surface area contributed by atoms with Crippen molar-refractivity contribution in [3.05, 3.63) is 74.7 Å². The summed E-state index contributed by atoms with van der Waals surface area (Å²) in [4.78, 5) is 33.2. The number of amides is 1. The summed E-state index contributed by atoms with van der Waals surface area (Å²) in [5.41, 5.74) is -1.50. The Morgan fingerprint density at radius 1 is 1.07 bits per heavy atom. The van der Waals surface area contributed by atoms with E-state index < -0.39 is 53.6 Å². The quantitative estimate of drug-likeness (QED) is 0.124. The molecule has 1 saturated carbocycles. The van der Waals surface area contributed by atoms with Crippen LogP contribution in [0.3, 0.4) is 0 Å². The number of nitrogens with one attached hydrogen (secondary N) is 1. The Balaban J connectivity index is 2.07. The predicted molar refractivity (Wildman–Crippen MR) is 151 cm³/mol. The Bertz CT molecular complexity index is 1280. The van der Waals surface area contributed by atoms with Crippen molar-refractivity contribution < 1.29 is 27.2 Å². The Morgan fingerprint density at radius 2 is 1.63 bits per heavy atom. The third-order valence-electron chi connectivity index (χ3n) is 7.39. The van der Waals surface area contributed by atoms with Gasteiger partial charge < -0.3 is 15.2 Å². The number of nitrogens with zero attached hydrogens (tertiary/aromatic N) is 3. The molecule has 12 heteroatoms. The van der Waals surface area contributed by atoms with Crippen LogP contribution in [0.1, 0.15) is 61.9 Å². The normalized spacial score (nSPS) is 18.0. The number of allylic oxidation sites excluding steroid dienone is 1. The number of halogens is 6. The molecule has 3 rings (SSSR count). The van der Waals surface area contributed by atoms with Gasteiger partial charge in [-0.25, -0.2) is 17.6 Å². The zero-order chi connectivity index (χ0) is 30.5. The van der Waals surface area contributed by atoms with Crippen molar-refractivity contribution >= 4 is 41.1 Å². The third-order valence-corrected chi connectivity index (χ3v) is 7.96. The summed E-state index contributed by atoms with van der Waals surface area (Å²) in [5.74, 6) is -6.73. The van der Waals surface area contributed by atoms with Crippen LogP contribution in [-0.2, 0) is 11.3 Å². The number of Topliss-reactive ketones (excluding diaryl/α,β-unsaturated/α-hetero) is 1. The van der Waals surface area contributed by atoms with Crippen LogP contribution in [-0.4, -0.2) is 58.2 Å². The first-order valence-electron chi connectivity index (χ1n) is 13.2. The van der Waals surface area contributed by atoms with Gasteiger partial charge in [0.15, 0.2) is 5.78 Å². The number of benzene rings is 1. The second kappa shape index (κ2) is 13.8. The van der Waals surface area contributed by atoms with Gasteiger partial charge in [0, 0.05) is 51.2 Å². The van der Waals surface area contributed by atoms with Gasteiger partial charge in [-0.05, 0) is 49.3 Å². The van der Waals surface area contributed by atoms with Crippen molar-refractivity contribution in [1.82, 2.24) is 14.8 Å². The topological polar surface area (TPSA) is 77.4 Å². The van der Waals surface area contributed by atoms with Crippen molar-refractivity contribution in [2.45, 2.75) is 64.5 Å². The fourth-order valence-corrected chi connectivity index (χ4v) is 5.89. The number of pyridine rings is 1. The van der Waals surface area contributed by atoms with Crippen LogP contribution in [0, 0.1) is 23.0 Å². The number of aromatic nitrogens is 1. The largest absolute Gasteiger partial charge is 0.369 e. The number of rotatable bonds is 11. The van der Waals surface area contributed by atoms with Gasteiger partial charge in [0.1, 0.15) is 11.6 Å². The zero-order valence-electron chi connectivity index (χ0n) is 23.0. The van der Waals surface area contributed by atoms with Crippen LogP contribution in [0.25, 0.3) is 0 Å². The monoisotopic (exact) mass is 614 g/mol. The minimum absolute atomic E-state index is 0.0315. The molecule has 222 valence electrons. The number of hydrogen-bond donors (Lipinski definition) is 1. The minimum atomic E-state index is -3.53. The summed E-state index contributed by atoms with van der Waals surface area (Å²) in [6.07, 6.45) is 6.84. The van der Waals surface area contributed by atoms with E-state index in [1.54, 1.807) is 0 Å². The molecule has 0 atom stereocenters. The molecule has 1 aromatic carbocycles. The average molecular weight is 615 g/mol. The molecule has 0 saturated heterocycles. The lowest BCUT2D eigenvalue weighted by Gasteiger charge is -2.39. The van der Waals surface area contributed by atoms with Crippen molar-refractivity contribution in [2.75, 3.05) is 13.6 Å². The third kappa shape index (κ3) is 8.07. The van der Waals surface area contributed by atoms with Crippen molar-refractivity contribution in [1.29, 1.82) is 5.41 Å². The molecule has 0 aliphatic heterocycles. The molecule has 0 spiro atoms. The Morgan fingerprint density at radius 3 is 2.12 bits per heavy atom. The Labute approximate surface area is 246 Å². The summed E-state index contributed by atoms with van der Waals surface area (Å²) < 4.78 is 58.3. The van der Waals surface area contributed by atoms with Gasteiger partial charge in [0.05, 0.1) is 33.4 Å². The summed E-state index contributed by atoms with van der Waals surface area (Å²) in [7, 11) is 1.47. The highest BCUT2D eigenvalue weighted by molar-refractivity contribution is 6.39. The van der Waals surface area contributed by atoms with Crippen molar-refractivity contribution in [3.63, 3.8) is 0 Å². The Kier molecular flexibility index (Phi) is 10.9. The maximum absolute atomic E-state index is 15.2. The van der Waals surface area contributed by atoms with Crippen molar-refractivity contribution in [2.24, 2.45) is 5.92 Å². The lowest BCUT2D eigenvalue weighted by molar-refractivity contribution is -0.127. The highest BCUT2D eigenvalue weighted by Gasteiger charge is 2.40. The molecular formula is C29H32Cl2F4N4O2. The van der Waals surface area contributed by atoms with E-state index in [4.69, 9.17) is 28.6 Å². The lowest BCUT2D eigenvalue weighted by atomic mass is 9.83. The van der Waals surface area contributed by atoms with Gasteiger partial charge in [-0.1, -0.05) is 36.5 Å². The van der Waals surface area contributed by atoms with E-state index in [0.29, 0.717) is 38.0 Å². The van der Waals surface area contributed by atoms with Gasteiger partial charge in [0.25, 0.3) is 11.8 Å². The SMILES string of the molecule is CCC1CCC(N(C)/C(=C(\C=N)C(=O)N(CC(=O)c2c(Cl)cncc2Cl)Cc2cc(F)cc(F)c2)C(C)(F)F)CC1. The Hall–Kier alpha value is -2.98. The van der Waals surface area contributed by atoms with E-state index in [-0.39, 0.29) is 27.2 Å². The number of carbonyl (C=O) groups is 2. The highest BCUT2D eigenvalue weighted by Crippen LogP contribution is 2.36. The summed E-state index contributed by atoms with van der Waals surface area (Å²) in [6.45, 7) is 1.47. The molecule has 1 aliphatic carbocycles.